The minimum Gasteiger partial charge on any atom is -0.372 e. The summed E-state index contributed by atoms with van der Waals surface area (Å²) in [6.07, 6.45) is 4.95. The Morgan fingerprint density at radius 3 is 2.22 bits per heavy atom. The molecule has 0 bridgehead atoms. The summed E-state index contributed by atoms with van der Waals surface area (Å²) < 4.78 is 0. The standard InChI is InChI=1S/C16H26N2/c1-13(2)5-10-16(17)14-6-8-15(9-7-14)18-11-3-4-12-18/h6-9,13,16H,3-5,10-12,17H2,1-2H3/t16-/m0/s1. The first-order chi connectivity index (χ1) is 8.66. The average molecular weight is 246 g/mol. The van der Waals surface area contributed by atoms with Crippen molar-refractivity contribution in [3.63, 3.8) is 0 Å². The van der Waals surface area contributed by atoms with Crippen molar-refractivity contribution in [2.45, 2.75) is 45.6 Å². The number of nitrogens with zero attached hydrogens (tertiary/aromatic N) is 1. The van der Waals surface area contributed by atoms with Gasteiger partial charge in [0.25, 0.3) is 0 Å². The molecular weight excluding hydrogens is 220 g/mol. The van der Waals surface area contributed by atoms with Crippen molar-refractivity contribution in [1.82, 2.24) is 0 Å². The SMILES string of the molecule is CC(C)CC[C@H](N)c1ccc(N2CCCC2)cc1. The molecule has 1 fully saturated rings. The first-order valence-corrected chi connectivity index (χ1v) is 7.27. The van der Waals surface area contributed by atoms with Gasteiger partial charge in [-0.05, 0) is 49.3 Å². The van der Waals surface area contributed by atoms with E-state index in [1.165, 1.54) is 43.6 Å². The molecule has 100 valence electrons. The van der Waals surface area contributed by atoms with Crippen LogP contribution in [0.2, 0.25) is 0 Å². The Morgan fingerprint density at radius 1 is 1.06 bits per heavy atom. The molecule has 2 heteroatoms. The van der Waals surface area contributed by atoms with Crippen LogP contribution in [0.25, 0.3) is 0 Å². The van der Waals surface area contributed by atoms with Crippen LogP contribution in [0, 0.1) is 5.92 Å². The molecular formula is C16H26N2. The molecule has 2 nitrogen and oxygen atoms in total. The Hall–Kier alpha value is -1.02. The third kappa shape index (κ3) is 3.49. The van der Waals surface area contributed by atoms with Crippen LogP contribution in [-0.4, -0.2) is 13.1 Å². The Kier molecular flexibility index (Phi) is 4.65. The fourth-order valence-corrected chi connectivity index (χ4v) is 2.59. The van der Waals surface area contributed by atoms with E-state index in [1.807, 2.05) is 0 Å². The molecule has 1 atom stereocenters. The van der Waals surface area contributed by atoms with Gasteiger partial charge in [0.2, 0.25) is 0 Å². The second-order valence-corrected chi connectivity index (χ2v) is 5.86. The van der Waals surface area contributed by atoms with Crippen molar-refractivity contribution in [2.75, 3.05) is 18.0 Å². The Bertz CT molecular complexity index is 350. The van der Waals surface area contributed by atoms with Crippen molar-refractivity contribution in [3.05, 3.63) is 29.8 Å². The highest BCUT2D eigenvalue weighted by Gasteiger charge is 2.13. The number of rotatable bonds is 5. The molecule has 2 rings (SSSR count). The van der Waals surface area contributed by atoms with Gasteiger partial charge in [-0.15, -0.1) is 0 Å². The second-order valence-electron chi connectivity index (χ2n) is 5.86. The molecule has 1 aromatic rings. The number of hydrogen-bond donors (Lipinski definition) is 1. The zero-order chi connectivity index (χ0) is 13.0. The maximum absolute atomic E-state index is 6.23. The third-order valence-corrected chi connectivity index (χ3v) is 3.85. The van der Waals surface area contributed by atoms with Gasteiger partial charge >= 0.3 is 0 Å². The van der Waals surface area contributed by atoms with Crippen LogP contribution in [0.5, 0.6) is 0 Å². The highest BCUT2D eigenvalue weighted by molar-refractivity contribution is 5.48. The molecule has 1 saturated heterocycles. The molecule has 0 aromatic heterocycles. The largest absolute Gasteiger partial charge is 0.372 e. The highest BCUT2D eigenvalue weighted by Crippen LogP contribution is 2.24. The average Bonchev–Trinajstić information content (AvgIpc) is 2.90. The molecule has 0 radical (unpaired) electrons. The van der Waals surface area contributed by atoms with E-state index in [-0.39, 0.29) is 6.04 Å². The Morgan fingerprint density at radius 2 is 1.67 bits per heavy atom. The van der Waals surface area contributed by atoms with Crippen molar-refractivity contribution in [2.24, 2.45) is 11.7 Å². The number of anilines is 1. The number of benzene rings is 1. The van der Waals surface area contributed by atoms with E-state index < -0.39 is 0 Å². The lowest BCUT2D eigenvalue weighted by atomic mass is 9.98. The maximum atomic E-state index is 6.23. The molecule has 18 heavy (non-hydrogen) atoms. The van der Waals surface area contributed by atoms with Crippen LogP contribution in [-0.2, 0) is 0 Å². The smallest absolute Gasteiger partial charge is 0.0366 e. The molecule has 0 unspecified atom stereocenters. The van der Waals surface area contributed by atoms with Crippen LogP contribution >= 0.6 is 0 Å². The van der Waals surface area contributed by atoms with E-state index in [4.69, 9.17) is 5.73 Å². The van der Waals surface area contributed by atoms with Crippen molar-refractivity contribution < 1.29 is 0 Å². The molecule has 0 amide bonds. The predicted octanol–water partition coefficient (Wildman–Crippen LogP) is 3.72. The van der Waals surface area contributed by atoms with E-state index in [1.54, 1.807) is 0 Å². The zero-order valence-electron chi connectivity index (χ0n) is 11.7. The van der Waals surface area contributed by atoms with E-state index in [2.05, 4.69) is 43.0 Å². The van der Waals surface area contributed by atoms with Crippen LogP contribution in [0.3, 0.4) is 0 Å². The molecule has 1 aliphatic rings. The number of hydrogen-bond acceptors (Lipinski definition) is 2. The van der Waals surface area contributed by atoms with Gasteiger partial charge in [0.15, 0.2) is 0 Å². The molecule has 1 aromatic carbocycles. The van der Waals surface area contributed by atoms with Crippen LogP contribution < -0.4 is 10.6 Å². The quantitative estimate of drug-likeness (QED) is 0.858. The Labute approximate surface area is 111 Å². The van der Waals surface area contributed by atoms with Crippen molar-refractivity contribution in [1.29, 1.82) is 0 Å². The van der Waals surface area contributed by atoms with E-state index in [0.717, 1.165) is 12.3 Å². The van der Waals surface area contributed by atoms with Crippen LogP contribution in [0.1, 0.15) is 51.1 Å². The lowest BCUT2D eigenvalue weighted by molar-refractivity contribution is 0.507. The minimum atomic E-state index is 0.194. The number of nitrogens with two attached hydrogens (primary N) is 1. The summed E-state index contributed by atoms with van der Waals surface area (Å²) in [5.41, 5.74) is 8.86. The molecule has 1 heterocycles. The summed E-state index contributed by atoms with van der Waals surface area (Å²) in [5, 5.41) is 0. The lowest BCUT2D eigenvalue weighted by Gasteiger charge is -2.19. The van der Waals surface area contributed by atoms with Crippen molar-refractivity contribution in [3.8, 4) is 0 Å². The van der Waals surface area contributed by atoms with Crippen LogP contribution in [0.15, 0.2) is 24.3 Å². The second kappa shape index (κ2) is 6.24. The molecule has 0 spiro atoms. The summed E-state index contributed by atoms with van der Waals surface area (Å²) in [4.78, 5) is 2.46. The van der Waals surface area contributed by atoms with E-state index in [0.29, 0.717) is 0 Å². The van der Waals surface area contributed by atoms with E-state index in [9.17, 15) is 0 Å². The van der Waals surface area contributed by atoms with E-state index >= 15 is 0 Å². The van der Waals surface area contributed by atoms with Gasteiger partial charge in [-0.2, -0.15) is 0 Å². The first-order valence-electron chi connectivity index (χ1n) is 7.27. The Balaban J connectivity index is 1.93. The van der Waals surface area contributed by atoms with Gasteiger partial charge in [0, 0.05) is 24.8 Å². The monoisotopic (exact) mass is 246 g/mol. The predicted molar refractivity (Wildman–Crippen MR) is 78.9 cm³/mol. The maximum Gasteiger partial charge on any atom is 0.0366 e. The summed E-state index contributed by atoms with van der Waals surface area (Å²) in [5.74, 6) is 0.736. The first kappa shape index (κ1) is 13.4. The fourth-order valence-electron chi connectivity index (χ4n) is 2.59. The summed E-state index contributed by atoms with van der Waals surface area (Å²) in [6.45, 7) is 6.92. The van der Waals surface area contributed by atoms with Crippen molar-refractivity contribution >= 4 is 5.69 Å². The summed E-state index contributed by atoms with van der Waals surface area (Å²) >= 11 is 0. The molecule has 0 aliphatic carbocycles. The molecule has 2 N–H and O–H groups in total. The lowest BCUT2D eigenvalue weighted by Crippen LogP contribution is -2.17. The van der Waals surface area contributed by atoms with Gasteiger partial charge in [0.1, 0.15) is 0 Å². The third-order valence-electron chi connectivity index (χ3n) is 3.85. The molecule has 0 saturated carbocycles. The zero-order valence-corrected chi connectivity index (χ0v) is 11.7. The van der Waals surface area contributed by atoms with Crippen LogP contribution in [0.4, 0.5) is 5.69 Å². The van der Waals surface area contributed by atoms with Gasteiger partial charge in [-0.3, -0.25) is 0 Å². The topological polar surface area (TPSA) is 29.3 Å². The highest BCUT2D eigenvalue weighted by atomic mass is 15.1. The van der Waals surface area contributed by atoms with Gasteiger partial charge in [-0.25, -0.2) is 0 Å². The summed E-state index contributed by atoms with van der Waals surface area (Å²) in [6, 6.07) is 9.07. The normalized spacial score (nSPS) is 17.4. The van der Waals surface area contributed by atoms with Gasteiger partial charge < -0.3 is 10.6 Å². The minimum absolute atomic E-state index is 0.194. The van der Waals surface area contributed by atoms with Gasteiger partial charge in [-0.1, -0.05) is 26.0 Å². The molecule has 1 aliphatic heterocycles. The van der Waals surface area contributed by atoms with Gasteiger partial charge in [0.05, 0.1) is 0 Å². The summed E-state index contributed by atoms with van der Waals surface area (Å²) in [7, 11) is 0. The fraction of sp³-hybridized carbons (Fsp3) is 0.625.